The molecular weight excluding hydrogens is 352 g/mol. The Kier molecular flexibility index (Phi) is 6.38. The van der Waals surface area contributed by atoms with Gasteiger partial charge < -0.3 is 0 Å². The highest BCUT2D eigenvalue weighted by Gasteiger charge is 2.39. The number of carbonyl (C=O) groups is 1. The van der Waals surface area contributed by atoms with Gasteiger partial charge in [0.1, 0.15) is 0 Å². The Morgan fingerprint density at radius 2 is 1.41 bits per heavy atom. The summed E-state index contributed by atoms with van der Waals surface area (Å²) in [7, 11) is 0. The van der Waals surface area contributed by atoms with Crippen molar-refractivity contribution in [3.8, 4) is 0 Å². The van der Waals surface area contributed by atoms with E-state index in [2.05, 4.69) is 27.3 Å². The molecule has 1 aromatic carbocycles. The molecule has 0 amide bonds. The first kappa shape index (κ1) is 18.9. The van der Waals surface area contributed by atoms with Crippen LogP contribution in [0.2, 0.25) is 0 Å². The van der Waals surface area contributed by atoms with Gasteiger partial charge in [0.05, 0.1) is 12.1 Å². The highest BCUT2D eigenvalue weighted by molar-refractivity contribution is 7.10. The minimum Gasteiger partial charge on any atom is -0.294 e. The molecule has 0 aliphatic carbocycles. The van der Waals surface area contributed by atoms with Crippen LogP contribution in [0.15, 0.2) is 47.8 Å². The number of piperidine rings is 2. The minimum atomic E-state index is -0.0792. The van der Waals surface area contributed by atoms with Crippen LogP contribution in [0.4, 0.5) is 0 Å². The second-order valence-electron chi connectivity index (χ2n) is 7.83. The van der Waals surface area contributed by atoms with E-state index in [0.29, 0.717) is 5.78 Å². The second-order valence-corrected chi connectivity index (χ2v) is 8.81. The van der Waals surface area contributed by atoms with E-state index in [1.165, 1.54) is 43.4 Å². The number of benzene rings is 1. The first-order valence-electron chi connectivity index (χ1n) is 10.5. The normalized spacial score (nSPS) is 21.6. The number of nitrogens with zero attached hydrogens (tertiary/aromatic N) is 2. The smallest absolute Gasteiger partial charge is 0.181 e. The Bertz CT molecular complexity index is 703. The quantitative estimate of drug-likeness (QED) is 0.656. The zero-order chi connectivity index (χ0) is 18.5. The van der Waals surface area contributed by atoms with Gasteiger partial charge >= 0.3 is 0 Å². The van der Waals surface area contributed by atoms with Crippen molar-refractivity contribution in [2.75, 3.05) is 26.2 Å². The van der Waals surface area contributed by atoms with Crippen molar-refractivity contribution in [1.82, 2.24) is 9.80 Å². The molecule has 2 aliphatic heterocycles. The molecule has 2 aliphatic rings. The van der Waals surface area contributed by atoms with E-state index in [1.807, 2.05) is 41.7 Å². The number of hydrogen-bond acceptors (Lipinski definition) is 4. The number of carbonyl (C=O) groups excluding carboxylic acids is 1. The van der Waals surface area contributed by atoms with E-state index >= 15 is 0 Å². The van der Waals surface area contributed by atoms with Gasteiger partial charge in [0.25, 0.3) is 0 Å². The largest absolute Gasteiger partial charge is 0.294 e. The predicted molar refractivity (Wildman–Crippen MR) is 112 cm³/mol. The fraction of sp³-hybridized carbons (Fsp3) is 0.522. The molecule has 2 aromatic rings. The Hall–Kier alpha value is -1.49. The molecule has 2 saturated heterocycles. The maximum atomic E-state index is 13.8. The number of rotatable bonds is 6. The van der Waals surface area contributed by atoms with Crippen LogP contribution in [0, 0.1) is 0 Å². The summed E-state index contributed by atoms with van der Waals surface area (Å²) in [6.45, 7) is 4.29. The molecule has 144 valence electrons. The highest BCUT2D eigenvalue weighted by atomic mass is 32.1. The average molecular weight is 383 g/mol. The lowest BCUT2D eigenvalue weighted by molar-refractivity contribution is 0.0435. The topological polar surface area (TPSA) is 23.6 Å². The van der Waals surface area contributed by atoms with Gasteiger partial charge in [0.15, 0.2) is 5.78 Å². The maximum Gasteiger partial charge on any atom is 0.181 e. The Morgan fingerprint density at radius 1 is 0.778 bits per heavy atom. The summed E-state index contributed by atoms with van der Waals surface area (Å²) in [6.07, 6.45) is 7.50. The van der Waals surface area contributed by atoms with Crippen molar-refractivity contribution in [1.29, 1.82) is 0 Å². The third-order valence-corrected chi connectivity index (χ3v) is 6.97. The number of hydrogen-bond donors (Lipinski definition) is 0. The van der Waals surface area contributed by atoms with E-state index in [0.717, 1.165) is 31.7 Å². The van der Waals surface area contributed by atoms with Crippen LogP contribution >= 0.6 is 11.3 Å². The van der Waals surface area contributed by atoms with Crippen LogP contribution in [0.3, 0.4) is 0 Å². The van der Waals surface area contributed by atoms with Gasteiger partial charge in [-0.1, -0.05) is 49.2 Å². The van der Waals surface area contributed by atoms with Crippen LogP contribution in [0.5, 0.6) is 0 Å². The molecule has 0 saturated carbocycles. The van der Waals surface area contributed by atoms with Gasteiger partial charge in [-0.25, -0.2) is 0 Å². The van der Waals surface area contributed by atoms with Crippen molar-refractivity contribution < 1.29 is 4.79 Å². The fourth-order valence-electron chi connectivity index (χ4n) is 4.67. The molecule has 0 radical (unpaired) electrons. The molecule has 1 aromatic heterocycles. The zero-order valence-electron chi connectivity index (χ0n) is 16.1. The summed E-state index contributed by atoms with van der Waals surface area (Å²) in [4.78, 5) is 20.2. The molecule has 27 heavy (non-hydrogen) atoms. The average Bonchev–Trinajstić information content (AvgIpc) is 3.28. The molecule has 3 nitrogen and oxygen atoms in total. The number of likely N-dealkylation sites (tertiary alicyclic amines) is 2. The van der Waals surface area contributed by atoms with Gasteiger partial charge in [0.2, 0.25) is 0 Å². The fourth-order valence-corrected chi connectivity index (χ4v) is 5.56. The number of Topliss-reactive ketones (excluding diaryl/α,β-unsaturated/α-hetero) is 1. The first-order chi connectivity index (χ1) is 13.3. The SMILES string of the molecule is O=C(c1ccccc1)[C@@H]([C@@H](c1cccs1)N1CCCCC1)N1CCCCC1. The maximum absolute atomic E-state index is 13.8. The Labute approximate surface area is 167 Å². The molecule has 0 bridgehead atoms. The molecule has 4 heteroatoms. The Balaban J connectivity index is 1.72. The standard InChI is InChI=1S/C23H30N2OS/c26-23(19-11-4-1-5-12-19)22(25-16-8-3-9-17-25)21(20-13-10-18-27-20)24-14-6-2-7-15-24/h1,4-5,10-13,18,21-22H,2-3,6-9,14-17H2/t21-,22-/m1/s1. The van der Waals surface area contributed by atoms with E-state index in [1.54, 1.807) is 0 Å². The number of thiophene rings is 1. The minimum absolute atomic E-state index is 0.0792. The van der Waals surface area contributed by atoms with Gasteiger partial charge in [0, 0.05) is 10.4 Å². The summed E-state index contributed by atoms with van der Waals surface area (Å²) >= 11 is 1.81. The first-order valence-corrected chi connectivity index (χ1v) is 11.3. The summed E-state index contributed by atoms with van der Waals surface area (Å²) in [5.74, 6) is 0.293. The Morgan fingerprint density at radius 3 is 2.00 bits per heavy atom. The van der Waals surface area contributed by atoms with Crippen molar-refractivity contribution in [2.45, 2.75) is 50.6 Å². The molecule has 2 atom stereocenters. The lowest BCUT2D eigenvalue weighted by Gasteiger charge is -2.44. The molecular formula is C23H30N2OS. The zero-order valence-corrected chi connectivity index (χ0v) is 16.9. The summed E-state index contributed by atoms with van der Waals surface area (Å²) < 4.78 is 0. The summed E-state index contributed by atoms with van der Waals surface area (Å²) in [6, 6.07) is 14.4. The second kappa shape index (κ2) is 9.13. The van der Waals surface area contributed by atoms with Gasteiger partial charge in [-0.2, -0.15) is 0 Å². The molecule has 2 fully saturated rings. The van der Waals surface area contributed by atoms with Crippen LogP contribution in [0.25, 0.3) is 0 Å². The highest BCUT2D eigenvalue weighted by Crippen LogP contribution is 2.35. The van der Waals surface area contributed by atoms with Gasteiger partial charge in [-0.3, -0.25) is 14.6 Å². The van der Waals surface area contributed by atoms with Crippen LogP contribution in [-0.4, -0.2) is 47.8 Å². The predicted octanol–water partition coefficient (Wildman–Crippen LogP) is 5.01. The van der Waals surface area contributed by atoms with E-state index in [4.69, 9.17) is 0 Å². The van der Waals surface area contributed by atoms with Crippen molar-refractivity contribution in [3.05, 3.63) is 58.3 Å². The lowest BCUT2D eigenvalue weighted by atomic mass is 9.91. The van der Waals surface area contributed by atoms with Gasteiger partial charge in [-0.05, 0) is 63.3 Å². The van der Waals surface area contributed by atoms with Crippen LogP contribution in [-0.2, 0) is 0 Å². The summed E-state index contributed by atoms with van der Waals surface area (Å²) in [5, 5.41) is 2.16. The van der Waals surface area contributed by atoms with E-state index in [-0.39, 0.29) is 12.1 Å². The number of ketones is 1. The third-order valence-electron chi connectivity index (χ3n) is 6.03. The molecule has 0 unspecified atom stereocenters. The van der Waals surface area contributed by atoms with Crippen molar-refractivity contribution in [3.63, 3.8) is 0 Å². The van der Waals surface area contributed by atoms with Crippen LogP contribution in [0.1, 0.15) is 59.8 Å². The monoisotopic (exact) mass is 382 g/mol. The van der Waals surface area contributed by atoms with Crippen molar-refractivity contribution >= 4 is 17.1 Å². The lowest BCUT2D eigenvalue weighted by Crippen LogP contribution is -2.53. The van der Waals surface area contributed by atoms with E-state index < -0.39 is 0 Å². The van der Waals surface area contributed by atoms with Gasteiger partial charge in [-0.15, -0.1) is 11.3 Å². The van der Waals surface area contributed by atoms with Crippen LogP contribution < -0.4 is 0 Å². The molecule has 0 N–H and O–H groups in total. The molecule has 4 rings (SSSR count). The summed E-state index contributed by atoms with van der Waals surface area (Å²) in [5.41, 5.74) is 0.853. The molecule has 3 heterocycles. The van der Waals surface area contributed by atoms with Crippen molar-refractivity contribution in [2.24, 2.45) is 0 Å². The van der Waals surface area contributed by atoms with E-state index in [9.17, 15) is 4.79 Å². The third kappa shape index (κ3) is 4.34. The molecule has 0 spiro atoms.